The molecule has 6 nitrogen and oxygen atoms in total. The van der Waals surface area contributed by atoms with Gasteiger partial charge in [-0.1, -0.05) is 19.8 Å². The molecule has 0 heterocycles. The number of sulfonamides is 1. The molecule has 0 aromatic heterocycles. The molecule has 0 unspecified atom stereocenters. The molecule has 1 fully saturated rings. The van der Waals surface area contributed by atoms with Crippen LogP contribution < -0.4 is 0 Å². The normalized spacial score (nSPS) is 16.7. The minimum absolute atomic E-state index is 0.0557. The largest absolute Gasteiger partial charge is 0.269 e. The Morgan fingerprint density at radius 1 is 1.25 bits per heavy atom. The van der Waals surface area contributed by atoms with Gasteiger partial charge in [0.25, 0.3) is 5.69 Å². The zero-order valence-corrected chi connectivity index (χ0v) is 12.2. The van der Waals surface area contributed by atoms with Gasteiger partial charge < -0.3 is 0 Å². The number of benzene rings is 1. The van der Waals surface area contributed by atoms with Crippen LogP contribution in [0.5, 0.6) is 0 Å². The Balaban J connectivity index is 2.30. The van der Waals surface area contributed by atoms with Gasteiger partial charge in [0.1, 0.15) is 0 Å². The average molecular weight is 298 g/mol. The Bertz CT molecular complexity index is 577. The van der Waals surface area contributed by atoms with Crippen LogP contribution in [0.4, 0.5) is 5.69 Å². The summed E-state index contributed by atoms with van der Waals surface area (Å²) < 4.78 is 26.7. The summed E-state index contributed by atoms with van der Waals surface area (Å²) in [5.41, 5.74) is -0.104. The topological polar surface area (TPSA) is 80.5 Å². The number of rotatable bonds is 5. The predicted molar refractivity (Wildman–Crippen MR) is 74.9 cm³/mol. The molecule has 1 aromatic carbocycles. The fourth-order valence-corrected chi connectivity index (χ4v) is 4.39. The van der Waals surface area contributed by atoms with Crippen LogP contribution in [0.1, 0.15) is 32.6 Å². The quantitative estimate of drug-likeness (QED) is 0.618. The number of nitro benzene ring substituents is 1. The molecule has 0 bridgehead atoms. The maximum atomic E-state index is 12.6. The van der Waals surface area contributed by atoms with Gasteiger partial charge in [-0.25, -0.2) is 8.42 Å². The van der Waals surface area contributed by atoms with E-state index in [2.05, 4.69) is 0 Å². The van der Waals surface area contributed by atoms with E-state index < -0.39 is 14.9 Å². The molecule has 0 amide bonds. The number of nitro groups is 1. The fraction of sp³-hybridized carbons (Fsp3) is 0.538. The highest BCUT2D eigenvalue weighted by atomic mass is 32.2. The lowest BCUT2D eigenvalue weighted by Gasteiger charge is -2.26. The van der Waals surface area contributed by atoms with Crippen molar-refractivity contribution in [1.29, 1.82) is 0 Å². The minimum Gasteiger partial charge on any atom is -0.258 e. The third-order valence-corrected chi connectivity index (χ3v) is 5.74. The standard InChI is InChI=1S/C13H18N2O4S/c1-2-14(11-5-3-4-6-11)20(18,19)13-9-7-12(8-10-13)15(16)17/h7-11H,2-6H2,1H3. The van der Waals surface area contributed by atoms with Crippen molar-refractivity contribution in [2.24, 2.45) is 0 Å². The van der Waals surface area contributed by atoms with Gasteiger partial charge >= 0.3 is 0 Å². The first-order valence-corrected chi connectivity index (χ1v) is 8.17. The molecule has 0 aliphatic heterocycles. The molecule has 0 spiro atoms. The van der Waals surface area contributed by atoms with Crippen molar-refractivity contribution in [3.8, 4) is 0 Å². The maximum absolute atomic E-state index is 12.6. The monoisotopic (exact) mass is 298 g/mol. The third-order valence-electron chi connectivity index (χ3n) is 3.70. The minimum atomic E-state index is -3.57. The molecule has 1 aromatic rings. The molecule has 0 N–H and O–H groups in total. The van der Waals surface area contributed by atoms with E-state index in [-0.39, 0.29) is 16.6 Å². The first-order valence-electron chi connectivity index (χ1n) is 6.73. The van der Waals surface area contributed by atoms with Crippen molar-refractivity contribution in [3.05, 3.63) is 34.4 Å². The lowest BCUT2D eigenvalue weighted by Crippen LogP contribution is -2.38. The van der Waals surface area contributed by atoms with Crippen LogP contribution in [-0.2, 0) is 10.0 Å². The van der Waals surface area contributed by atoms with Crippen LogP contribution in [0, 0.1) is 10.1 Å². The Labute approximate surface area is 118 Å². The van der Waals surface area contributed by atoms with Crippen LogP contribution in [0.15, 0.2) is 29.2 Å². The lowest BCUT2D eigenvalue weighted by molar-refractivity contribution is -0.384. The first kappa shape index (κ1) is 14.9. The van der Waals surface area contributed by atoms with E-state index in [0.717, 1.165) is 25.7 Å². The van der Waals surface area contributed by atoms with Gasteiger partial charge in [-0.3, -0.25) is 10.1 Å². The number of hydrogen-bond acceptors (Lipinski definition) is 4. The van der Waals surface area contributed by atoms with Gasteiger partial charge in [-0.05, 0) is 25.0 Å². The highest BCUT2D eigenvalue weighted by molar-refractivity contribution is 7.89. The summed E-state index contributed by atoms with van der Waals surface area (Å²) in [7, 11) is -3.57. The Kier molecular flexibility index (Phi) is 4.39. The average Bonchev–Trinajstić information content (AvgIpc) is 2.93. The molecule has 1 saturated carbocycles. The SMILES string of the molecule is CCN(C1CCCC1)S(=O)(=O)c1ccc([N+](=O)[O-])cc1. The summed E-state index contributed by atoms with van der Waals surface area (Å²) in [5, 5.41) is 10.6. The Morgan fingerprint density at radius 3 is 2.25 bits per heavy atom. The Morgan fingerprint density at radius 2 is 1.80 bits per heavy atom. The van der Waals surface area contributed by atoms with Crippen LogP contribution in [0.25, 0.3) is 0 Å². The lowest BCUT2D eigenvalue weighted by atomic mass is 10.2. The van der Waals surface area contributed by atoms with Gasteiger partial charge in [0.2, 0.25) is 10.0 Å². The Hall–Kier alpha value is -1.47. The second-order valence-corrected chi connectivity index (χ2v) is 6.79. The smallest absolute Gasteiger partial charge is 0.258 e. The number of non-ortho nitro benzene ring substituents is 1. The molecule has 1 aliphatic carbocycles. The maximum Gasteiger partial charge on any atom is 0.269 e. The van der Waals surface area contributed by atoms with E-state index in [4.69, 9.17) is 0 Å². The summed E-state index contributed by atoms with van der Waals surface area (Å²) in [5.74, 6) is 0. The van der Waals surface area contributed by atoms with E-state index in [1.165, 1.54) is 28.6 Å². The van der Waals surface area contributed by atoms with Crippen LogP contribution in [0.3, 0.4) is 0 Å². The van der Waals surface area contributed by atoms with Gasteiger partial charge in [0.05, 0.1) is 9.82 Å². The van der Waals surface area contributed by atoms with Crippen molar-refractivity contribution in [1.82, 2.24) is 4.31 Å². The molecule has 0 radical (unpaired) electrons. The highest BCUT2D eigenvalue weighted by Crippen LogP contribution is 2.29. The second kappa shape index (κ2) is 5.88. The van der Waals surface area contributed by atoms with E-state index in [1.54, 1.807) is 0 Å². The zero-order chi connectivity index (χ0) is 14.8. The van der Waals surface area contributed by atoms with E-state index in [1.807, 2.05) is 6.92 Å². The van der Waals surface area contributed by atoms with Gasteiger partial charge in [-0.2, -0.15) is 4.31 Å². The molecule has 1 aliphatic rings. The van der Waals surface area contributed by atoms with E-state index >= 15 is 0 Å². The molecule has 2 rings (SSSR count). The summed E-state index contributed by atoms with van der Waals surface area (Å²) >= 11 is 0. The van der Waals surface area contributed by atoms with Gasteiger partial charge in [0.15, 0.2) is 0 Å². The van der Waals surface area contributed by atoms with Crippen molar-refractivity contribution in [2.75, 3.05) is 6.54 Å². The fourth-order valence-electron chi connectivity index (χ4n) is 2.69. The molecular formula is C13H18N2O4S. The molecular weight excluding hydrogens is 280 g/mol. The summed E-state index contributed by atoms with van der Waals surface area (Å²) in [6, 6.07) is 5.14. The van der Waals surface area contributed by atoms with Crippen molar-refractivity contribution in [2.45, 2.75) is 43.5 Å². The van der Waals surface area contributed by atoms with Crippen molar-refractivity contribution >= 4 is 15.7 Å². The van der Waals surface area contributed by atoms with Gasteiger partial charge in [0, 0.05) is 24.7 Å². The van der Waals surface area contributed by atoms with Crippen molar-refractivity contribution in [3.63, 3.8) is 0 Å². The van der Waals surface area contributed by atoms with Crippen molar-refractivity contribution < 1.29 is 13.3 Å². The highest BCUT2D eigenvalue weighted by Gasteiger charge is 2.32. The van der Waals surface area contributed by atoms with Crippen LogP contribution in [-0.4, -0.2) is 30.2 Å². The summed E-state index contributed by atoms with van der Waals surface area (Å²) in [6.07, 6.45) is 3.88. The zero-order valence-electron chi connectivity index (χ0n) is 11.4. The third kappa shape index (κ3) is 2.83. The van der Waals surface area contributed by atoms with Crippen LogP contribution >= 0.6 is 0 Å². The summed E-state index contributed by atoms with van der Waals surface area (Å²) in [6.45, 7) is 2.24. The molecule has 0 saturated heterocycles. The second-order valence-electron chi connectivity index (χ2n) is 4.90. The predicted octanol–water partition coefficient (Wildman–Crippen LogP) is 2.55. The molecule has 7 heteroatoms. The van der Waals surface area contributed by atoms with Crippen LogP contribution in [0.2, 0.25) is 0 Å². The molecule has 0 atom stereocenters. The van der Waals surface area contributed by atoms with E-state index in [9.17, 15) is 18.5 Å². The van der Waals surface area contributed by atoms with E-state index in [0.29, 0.717) is 6.54 Å². The summed E-state index contributed by atoms with van der Waals surface area (Å²) in [4.78, 5) is 10.2. The first-order chi connectivity index (χ1) is 9.46. The molecule has 20 heavy (non-hydrogen) atoms. The number of hydrogen-bond donors (Lipinski definition) is 0. The number of nitrogens with zero attached hydrogens (tertiary/aromatic N) is 2. The molecule has 110 valence electrons. The van der Waals surface area contributed by atoms with Gasteiger partial charge in [-0.15, -0.1) is 0 Å².